The summed E-state index contributed by atoms with van der Waals surface area (Å²) in [5.74, 6) is -2.98. The highest BCUT2D eigenvalue weighted by Crippen LogP contribution is 2.64. The van der Waals surface area contributed by atoms with Crippen molar-refractivity contribution in [3.05, 3.63) is 102 Å². The topological polar surface area (TPSA) is 113 Å². The fourth-order valence-electron chi connectivity index (χ4n) is 6.02. The number of phenols is 1. The molecule has 1 aromatic heterocycles. The fourth-order valence-corrected chi connectivity index (χ4v) is 7.54. The Morgan fingerprint density at radius 3 is 2.34 bits per heavy atom. The predicted molar refractivity (Wildman–Crippen MR) is 153 cm³/mol. The molecule has 6 rings (SSSR count). The van der Waals surface area contributed by atoms with Gasteiger partial charge in [-0.15, -0.1) is 23.2 Å². The van der Waals surface area contributed by atoms with Crippen LogP contribution in [-0.2, 0) is 29.8 Å². The van der Waals surface area contributed by atoms with E-state index in [1.807, 2.05) is 30.3 Å². The van der Waals surface area contributed by atoms with Crippen LogP contribution in [0.4, 0.5) is 0 Å². The van der Waals surface area contributed by atoms with E-state index in [1.165, 1.54) is 28.5 Å². The van der Waals surface area contributed by atoms with E-state index in [4.69, 9.17) is 51.1 Å². The van der Waals surface area contributed by atoms with Crippen molar-refractivity contribution in [1.29, 1.82) is 0 Å². The first-order chi connectivity index (χ1) is 19.4. The number of ether oxygens (including phenoxy) is 1. The molecule has 9 nitrogen and oxygen atoms in total. The van der Waals surface area contributed by atoms with E-state index in [1.54, 1.807) is 12.1 Å². The Hall–Kier alpha value is -3.24. The first-order valence-corrected chi connectivity index (χ1v) is 14.0. The Balaban J connectivity index is 1.52. The highest BCUT2D eigenvalue weighted by atomic mass is 35.5. The lowest BCUT2D eigenvalue weighted by Gasteiger charge is -2.54. The number of aromatic nitrogens is 3. The van der Waals surface area contributed by atoms with Gasteiger partial charge in [0, 0.05) is 31.0 Å². The standard InChI is InChI=1S/C28H21Cl4N3O6/c1-33-25(39)34-10-9-16-18(35(34)26(33)40)12-27(31)23(37)21(29)22(30)24(38)28(27,32)20(16)17-8-7-15(11-19(17)36)41-13-14-5-3-2-4-6-14/h2-9,11,18,20,36H,10,12-13H2,1H3/t18-,20-,27-,28+/m1/s1. The molecule has 4 atom stereocenters. The Bertz CT molecular complexity index is 1820. The molecule has 1 N–H and O–H groups in total. The van der Waals surface area contributed by atoms with Crippen molar-refractivity contribution in [2.24, 2.45) is 7.05 Å². The molecule has 41 heavy (non-hydrogen) atoms. The molecule has 212 valence electrons. The summed E-state index contributed by atoms with van der Waals surface area (Å²) in [4.78, 5) is 48.9. The summed E-state index contributed by atoms with van der Waals surface area (Å²) >= 11 is 26.6. The van der Waals surface area contributed by atoms with E-state index in [2.05, 4.69) is 0 Å². The second-order valence-electron chi connectivity index (χ2n) is 10.2. The lowest BCUT2D eigenvalue weighted by molar-refractivity contribution is -0.128. The van der Waals surface area contributed by atoms with Crippen molar-refractivity contribution in [3.63, 3.8) is 0 Å². The molecule has 3 aromatic rings. The lowest BCUT2D eigenvalue weighted by Crippen LogP contribution is -2.67. The van der Waals surface area contributed by atoms with Crippen LogP contribution in [0, 0.1) is 0 Å². The number of nitrogens with zero attached hydrogens (tertiary/aromatic N) is 3. The molecule has 3 aliphatic rings. The average molecular weight is 637 g/mol. The molecular formula is C28H21Cl4N3O6. The van der Waals surface area contributed by atoms with Gasteiger partial charge in [-0.3, -0.25) is 9.59 Å². The number of carbonyl (C=O) groups excluding carboxylic acids is 2. The van der Waals surface area contributed by atoms with E-state index in [9.17, 15) is 24.3 Å². The molecule has 1 fully saturated rings. The van der Waals surface area contributed by atoms with Crippen LogP contribution in [0.2, 0.25) is 0 Å². The van der Waals surface area contributed by atoms with Crippen LogP contribution >= 0.6 is 46.4 Å². The average Bonchev–Trinajstić information content (AvgIpc) is 3.19. The number of aromatic hydroxyl groups is 1. The molecule has 2 heterocycles. The minimum atomic E-state index is -2.23. The number of allylic oxidation sites excluding steroid dienone is 4. The fraction of sp³-hybridized carbons (Fsp3) is 0.286. The van der Waals surface area contributed by atoms with Crippen molar-refractivity contribution in [3.8, 4) is 11.5 Å². The van der Waals surface area contributed by atoms with E-state index < -0.39 is 54.7 Å². The van der Waals surface area contributed by atoms with Crippen LogP contribution in [0.3, 0.4) is 0 Å². The second kappa shape index (κ2) is 9.66. The summed E-state index contributed by atoms with van der Waals surface area (Å²) in [7, 11) is 1.33. The number of alkyl halides is 2. The number of fused-ring (bicyclic) bond motifs is 4. The first kappa shape index (κ1) is 27.9. The lowest BCUT2D eigenvalue weighted by atomic mass is 9.59. The molecule has 2 aromatic carbocycles. The zero-order valence-corrected chi connectivity index (χ0v) is 24.3. The smallest absolute Gasteiger partial charge is 0.347 e. The van der Waals surface area contributed by atoms with Crippen molar-refractivity contribution >= 4 is 58.0 Å². The van der Waals surface area contributed by atoms with Gasteiger partial charge in [-0.2, -0.15) is 0 Å². The van der Waals surface area contributed by atoms with Gasteiger partial charge in [-0.25, -0.2) is 23.5 Å². The molecular weight excluding hydrogens is 616 g/mol. The molecule has 0 bridgehead atoms. The van der Waals surface area contributed by atoms with Gasteiger partial charge in [0.15, 0.2) is 11.6 Å². The number of halogens is 4. The highest BCUT2D eigenvalue weighted by molar-refractivity contribution is 6.66. The molecule has 0 amide bonds. The van der Waals surface area contributed by atoms with Gasteiger partial charge in [0.05, 0.1) is 12.6 Å². The Kier molecular flexibility index (Phi) is 6.57. The predicted octanol–water partition coefficient (Wildman–Crippen LogP) is 4.10. The zero-order valence-electron chi connectivity index (χ0n) is 21.3. The Labute approximate surface area is 252 Å². The SMILES string of the molecule is Cn1c(=O)n2n(c1=O)[C@@H]1C[C@@]3(Cl)C(=O)C(Cl)=C(Cl)C(=O)[C@@]3(Cl)[C@@H](c3ccc(OCc4ccccc4)cc3O)C1=CC2. The quantitative estimate of drug-likeness (QED) is 0.341. The van der Waals surface area contributed by atoms with Gasteiger partial charge in [-0.05, 0) is 17.2 Å². The minimum Gasteiger partial charge on any atom is -0.508 e. The van der Waals surface area contributed by atoms with Crippen LogP contribution in [0.15, 0.2) is 79.8 Å². The number of hydrogen-bond acceptors (Lipinski definition) is 6. The van der Waals surface area contributed by atoms with Gasteiger partial charge < -0.3 is 9.84 Å². The number of carbonyl (C=O) groups is 2. The maximum atomic E-state index is 13.8. The number of ketones is 2. The number of hydrogen-bond donors (Lipinski definition) is 1. The first-order valence-electron chi connectivity index (χ1n) is 12.5. The molecule has 2 aliphatic carbocycles. The molecule has 0 radical (unpaired) electrons. The maximum absolute atomic E-state index is 13.8. The molecule has 13 heteroatoms. The molecule has 1 aliphatic heterocycles. The van der Waals surface area contributed by atoms with E-state index in [0.29, 0.717) is 11.3 Å². The maximum Gasteiger partial charge on any atom is 0.347 e. The van der Waals surface area contributed by atoms with Crippen LogP contribution in [0.1, 0.15) is 29.5 Å². The highest BCUT2D eigenvalue weighted by Gasteiger charge is 2.71. The minimum absolute atomic E-state index is 0.0228. The molecule has 0 saturated heterocycles. The number of benzene rings is 2. The number of Topliss-reactive ketones (excluding diaryl/α,β-unsaturated/α-hetero) is 2. The number of phenolic OH excluding ortho intramolecular Hbond substituents is 1. The second-order valence-corrected chi connectivity index (χ2v) is 12.2. The van der Waals surface area contributed by atoms with Crippen LogP contribution in [0.5, 0.6) is 11.5 Å². The van der Waals surface area contributed by atoms with Crippen molar-refractivity contribution < 1.29 is 19.4 Å². The van der Waals surface area contributed by atoms with Gasteiger partial charge in [0.1, 0.15) is 37.9 Å². The molecule has 0 spiro atoms. The summed E-state index contributed by atoms with van der Waals surface area (Å²) in [6.45, 7) is 0.214. The monoisotopic (exact) mass is 635 g/mol. The Morgan fingerprint density at radius 2 is 1.66 bits per heavy atom. The van der Waals surface area contributed by atoms with Gasteiger partial charge in [0.25, 0.3) is 0 Å². The normalized spacial score (nSPS) is 27.2. The van der Waals surface area contributed by atoms with E-state index in [0.717, 1.165) is 10.1 Å². The molecule has 1 saturated carbocycles. The third kappa shape index (κ3) is 3.82. The van der Waals surface area contributed by atoms with E-state index >= 15 is 0 Å². The summed E-state index contributed by atoms with van der Waals surface area (Å²) in [6.07, 6.45) is 1.31. The van der Waals surface area contributed by atoms with Crippen LogP contribution in [-0.4, -0.2) is 40.4 Å². The van der Waals surface area contributed by atoms with Gasteiger partial charge in [0.2, 0.25) is 0 Å². The Morgan fingerprint density at radius 1 is 0.976 bits per heavy atom. The van der Waals surface area contributed by atoms with Gasteiger partial charge in [-0.1, -0.05) is 65.7 Å². The van der Waals surface area contributed by atoms with Gasteiger partial charge >= 0.3 is 11.4 Å². The third-order valence-electron chi connectivity index (χ3n) is 8.06. The summed E-state index contributed by atoms with van der Waals surface area (Å²) < 4.78 is 9.18. The van der Waals surface area contributed by atoms with Crippen molar-refractivity contribution in [2.45, 2.75) is 41.3 Å². The summed E-state index contributed by atoms with van der Waals surface area (Å²) in [5, 5.41) is 10.1. The largest absolute Gasteiger partial charge is 0.508 e. The van der Waals surface area contributed by atoms with Crippen LogP contribution < -0.4 is 16.1 Å². The number of rotatable bonds is 4. The van der Waals surface area contributed by atoms with E-state index in [-0.39, 0.29) is 30.9 Å². The molecule has 0 unspecified atom stereocenters. The van der Waals surface area contributed by atoms with Crippen LogP contribution in [0.25, 0.3) is 0 Å². The zero-order chi connectivity index (χ0) is 29.4. The summed E-state index contributed by atoms with van der Waals surface area (Å²) in [6, 6.07) is 12.9. The third-order valence-corrected chi connectivity index (χ3v) is 10.3. The van der Waals surface area contributed by atoms with Crippen molar-refractivity contribution in [1.82, 2.24) is 13.9 Å². The van der Waals surface area contributed by atoms with Crippen molar-refractivity contribution in [2.75, 3.05) is 0 Å². The summed E-state index contributed by atoms with van der Waals surface area (Å²) in [5.41, 5.74) is 0.268.